The number of esters is 1. The van der Waals surface area contributed by atoms with Crippen LogP contribution < -0.4 is 0 Å². The molecule has 0 aliphatic heterocycles. The molecule has 0 aromatic heterocycles. The molecule has 0 atom stereocenters. The van der Waals surface area contributed by atoms with Crippen molar-refractivity contribution in [3.63, 3.8) is 0 Å². The van der Waals surface area contributed by atoms with Crippen molar-refractivity contribution >= 4 is 27.1 Å². The van der Waals surface area contributed by atoms with Crippen LogP contribution in [-0.4, -0.2) is 26.0 Å². The van der Waals surface area contributed by atoms with E-state index in [4.69, 9.17) is 0 Å². The first-order chi connectivity index (χ1) is 10.4. The monoisotopic (exact) mass is 318 g/mol. The van der Waals surface area contributed by atoms with Gasteiger partial charge in [-0.15, -0.1) is 0 Å². The van der Waals surface area contributed by atoms with E-state index < -0.39 is 16.1 Å². The molecule has 0 heterocycles. The Morgan fingerprint density at radius 1 is 1.00 bits per heavy atom. The van der Waals surface area contributed by atoms with Gasteiger partial charge in [0.05, 0.1) is 12.7 Å². The molecule has 6 heteroatoms. The Bertz CT molecular complexity index is 790. The molecule has 0 unspecified atom stereocenters. The van der Waals surface area contributed by atoms with Gasteiger partial charge in [0, 0.05) is 0 Å². The molecule has 2 aromatic rings. The molecule has 114 valence electrons. The standard InChI is InChI=1S/C16H14O5S/c1-21-16(17)14-9-7-12(8-10-14)11-15(22(18,19)20)13-5-3-2-4-6-13/h2-11H,1H3,(H,18,19,20)/b15-11+. The Kier molecular flexibility index (Phi) is 4.75. The van der Waals surface area contributed by atoms with Crippen LogP contribution in [0.1, 0.15) is 21.5 Å². The van der Waals surface area contributed by atoms with Gasteiger partial charge in [-0.05, 0) is 29.3 Å². The zero-order chi connectivity index (χ0) is 16.2. The highest BCUT2D eigenvalue weighted by Gasteiger charge is 2.16. The molecule has 5 nitrogen and oxygen atoms in total. The van der Waals surface area contributed by atoms with Crippen molar-refractivity contribution in [2.24, 2.45) is 0 Å². The minimum absolute atomic E-state index is 0.209. The van der Waals surface area contributed by atoms with Crippen molar-refractivity contribution in [3.05, 3.63) is 71.3 Å². The summed E-state index contributed by atoms with van der Waals surface area (Å²) in [6.45, 7) is 0. The third-order valence-corrected chi connectivity index (χ3v) is 3.88. The normalized spacial score (nSPS) is 12.0. The van der Waals surface area contributed by atoms with Gasteiger partial charge < -0.3 is 4.74 Å². The zero-order valence-electron chi connectivity index (χ0n) is 11.8. The van der Waals surface area contributed by atoms with Crippen LogP contribution in [0.15, 0.2) is 54.6 Å². The molecular formula is C16H14O5S. The minimum atomic E-state index is -4.38. The number of hydrogen-bond donors (Lipinski definition) is 1. The summed E-state index contributed by atoms with van der Waals surface area (Å²) in [6, 6.07) is 14.4. The van der Waals surface area contributed by atoms with Gasteiger partial charge >= 0.3 is 5.97 Å². The van der Waals surface area contributed by atoms with Gasteiger partial charge in [0.1, 0.15) is 4.91 Å². The van der Waals surface area contributed by atoms with E-state index in [0.29, 0.717) is 16.7 Å². The highest BCUT2D eigenvalue weighted by Crippen LogP contribution is 2.23. The Morgan fingerprint density at radius 3 is 2.09 bits per heavy atom. The summed E-state index contributed by atoms with van der Waals surface area (Å²) in [5.74, 6) is -0.478. The highest BCUT2D eigenvalue weighted by atomic mass is 32.2. The Morgan fingerprint density at radius 2 is 1.59 bits per heavy atom. The SMILES string of the molecule is COC(=O)c1ccc(/C=C(\c2ccccc2)S(=O)(=O)O)cc1. The van der Waals surface area contributed by atoms with E-state index in [0.717, 1.165) is 0 Å². The van der Waals surface area contributed by atoms with Crippen LogP contribution in [0.5, 0.6) is 0 Å². The molecule has 0 aliphatic rings. The molecule has 2 aromatic carbocycles. The maximum absolute atomic E-state index is 11.6. The number of carbonyl (C=O) groups excluding carboxylic acids is 1. The van der Waals surface area contributed by atoms with Gasteiger partial charge in [0.15, 0.2) is 0 Å². The largest absolute Gasteiger partial charge is 0.465 e. The molecule has 22 heavy (non-hydrogen) atoms. The van der Waals surface area contributed by atoms with E-state index in [1.54, 1.807) is 42.5 Å². The van der Waals surface area contributed by atoms with Gasteiger partial charge in [-0.25, -0.2) is 4.79 Å². The van der Waals surface area contributed by atoms with Gasteiger partial charge in [0.2, 0.25) is 0 Å². The maximum Gasteiger partial charge on any atom is 0.337 e. The number of methoxy groups -OCH3 is 1. The molecule has 0 fully saturated rings. The van der Waals surface area contributed by atoms with Crippen molar-refractivity contribution in [1.82, 2.24) is 0 Å². The fraction of sp³-hybridized carbons (Fsp3) is 0.0625. The van der Waals surface area contributed by atoms with E-state index >= 15 is 0 Å². The molecular weight excluding hydrogens is 304 g/mol. The molecule has 1 N–H and O–H groups in total. The van der Waals surface area contributed by atoms with Crippen LogP contribution in [0.3, 0.4) is 0 Å². The van der Waals surface area contributed by atoms with Crippen LogP contribution >= 0.6 is 0 Å². The average Bonchev–Trinajstić information content (AvgIpc) is 2.52. The lowest BCUT2D eigenvalue weighted by molar-refractivity contribution is 0.0600. The van der Waals surface area contributed by atoms with Crippen molar-refractivity contribution < 1.29 is 22.5 Å². The fourth-order valence-electron chi connectivity index (χ4n) is 1.89. The van der Waals surface area contributed by atoms with Gasteiger partial charge in [0.25, 0.3) is 10.1 Å². The lowest BCUT2D eigenvalue weighted by Gasteiger charge is -2.05. The second-order valence-electron chi connectivity index (χ2n) is 4.46. The van der Waals surface area contributed by atoms with E-state index in [9.17, 15) is 17.8 Å². The molecule has 0 aliphatic carbocycles. The topological polar surface area (TPSA) is 80.7 Å². The Balaban J connectivity index is 2.45. The molecule has 0 saturated carbocycles. The van der Waals surface area contributed by atoms with Crippen molar-refractivity contribution in [1.29, 1.82) is 0 Å². The van der Waals surface area contributed by atoms with Crippen LogP contribution in [-0.2, 0) is 14.9 Å². The third kappa shape index (κ3) is 3.81. The Hall–Kier alpha value is -2.44. The smallest absolute Gasteiger partial charge is 0.337 e. The van der Waals surface area contributed by atoms with Crippen LogP contribution in [0.4, 0.5) is 0 Å². The minimum Gasteiger partial charge on any atom is -0.465 e. The second kappa shape index (κ2) is 6.55. The predicted molar refractivity (Wildman–Crippen MR) is 83.6 cm³/mol. The van der Waals surface area contributed by atoms with Gasteiger partial charge in [-0.1, -0.05) is 42.5 Å². The molecule has 2 rings (SSSR count). The van der Waals surface area contributed by atoms with Gasteiger partial charge in [-0.2, -0.15) is 8.42 Å². The van der Waals surface area contributed by atoms with E-state index in [2.05, 4.69) is 4.74 Å². The Labute approximate surface area is 128 Å². The quantitative estimate of drug-likeness (QED) is 0.532. The molecule has 0 bridgehead atoms. The van der Waals surface area contributed by atoms with Crippen molar-refractivity contribution in [2.75, 3.05) is 7.11 Å². The summed E-state index contributed by atoms with van der Waals surface area (Å²) in [7, 11) is -3.10. The third-order valence-electron chi connectivity index (χ3n) is 2.97. The first-order valence-corrected chi connectivity index (χ1v) is 7.79. The number of benzene rings is 2. The number of ether oxygens (including phenoxy) is 1. The summed E-state index contributed by atoms with van der Waals surface area (Å²) in [5.41, 5.74) is 1.26. The number of hydrogen-bond acceptors (Lipinski definition) is 4. The first kappa shape index (κ1) is 15.9. The molecule has 0 spiro atoms. The summed E-state index contributed by atoms with van der Waals surface area (Å²) in [4.78, 5) is 11.1. The molecule has 0 radical (unpaired) electrons. The van der Waals surface area contributed by atoms with E-state index in [1.165, 1.54) is 25.3 Å². The highest BCUT2D eigenvalue weighted by molar-refractivity contribution is 7.95. The summed E-state index contributed by atoms with van der Waals surface area (Å²) in [5, 5.41) is 0. The number of rotatable bonds is 4. The lowest BCUT2D eigenvalue weighted by Crippen LogP contribution is -2.02. The van der Waals surface area contributed by atoms with Crippen LogP contribution in [0, 0.1) is 0 Å². The second-order valence-corrected chi connectivity index (χ2v) is 5.85. The summed E-state index contributed by atoms with van der Waals surface area (Å²) in [6.07, 6.45) is 1.34. The average molecular weight is 318 g/mol. The van der Waals surface area contributed by atoms with E-state index in [-0.39, 0.29) is 4.91 Å². The molecule has 0 saturated heterocycles. The van der Waals surface area contributed by atoms with Crippen molar-refractivity contribution in [2.45, 2.75) is 0 Å². The maximum atomic E-state index is 11.6. The number of carbonyl (C=O) groups is 1. The van der Waals surface area contributed by atoms with Crippen LogP contribution in [0.25, 0.3) is 11.0 Å². The summed E-state index contributed by atoms with van der Waals surface area (Å²) < 4.78 is 37.1. The van der Waals surface area contributed by atoms with Gasteiger partial charge in [-0.3, -0.25) is 4.55 Å². The predicted octanol–water partition coefficient (Wildman–Crippen LogP) is 2.86. The zero-order valence-corrected chi connectivity index (χ0v) is 12.6. The molecule has 0 amide bonds. The van der Waals surface area contributed by atoms with Crippen molar-refractivity contribution in [3.8, 4) is 0 Å². The lowest BCUT2D eigenvalue weighted by atomic mass is 10.1. The van der Waals surface area contributed by atoms with Crippen LogP contribution in [0.2, 0.25) is 0 Å². The summed E-state index contributed by atoms with van der Waals surface area (Å²) >= 11 is 0. The first-order valence-electron chi connectivity index (χ1n) is 6.35. The fourth-order valence-corrected chi connectivity index (χ4v) is 2.61. The van der Waals surface area contributed by atoms with E-state index in [1.807, 2.05) is 0 Å².